The van der Waals surface area contributed by atoms with Crippen LogP contribution >= 0.6 is 0 Å². The van der Waals surface area contributed by atoms with Crippen molar-refractivity contribution in [2.45, 2.75) is 71.1 Å². The molecule has 2 aromatic rings. The molecule has 2 heteroatoms. The van der Waals surface area contributed by atoms with Crippen LogP contribution in [0.25, 0.3) is 0 Å². The molecule has 0 heterocycles. The van der Waals surface area contributed by atoms with Crippen molar-refractivity contribution in [3.8, 4) is 11.8 Å². The van der Waals surface area contributed by atoms with Gasteiger partial charge in [-0.25, -0.2) is 8.78 Å². The van der Waals surface area contributed by atoms with Crippen molar-refractivity contribution < 1.29 is 8.78 Å². The Morgan fingerprint density at radius 1 is 0.800 bits per heavy atom. The van der Waals surface area contributed by atoms with Crippen LogP contribution in [0.3, 0.4) is 0 Å². The molecule has 0 spiro atoms. The predicted octanol–water partition coefficient (Wildman–Crippen LogP) is 7.47. The molecule has 1 atom stereocenters. The Balaban J connectivity index is 1.37. The zero-order valence-electron chi connectivity index (χ0n) is 18.0. The van der Waals surface area contributed by atoms with Gasteiger partial charge in [0.15, 0.2) is 11.6 Å². The molecule has 0 radical (unpaired) electrons. The van der Waals surface area contributed by atoms with E-state index in [0.717, 1.165) is 41.9 Å². The van der Waals surface area contributed by atoms with E-state index in [0.29, 0.717) is 5.56 Å². The van der Waals surface area contributed by atoms with Crippen molar-refractivity contribution in [3.63, 3.8) is 0 Å². The van der Waals surface area contributed by atoms with Crippen LogP contribution in [0.1, 0.15) is 80.5 Å². The Labute approximate surface area is 180 Å². The summed E-state index contributed by atoms with van der Waals surface area (Å²) in [6, 6.07) is 10.3. The number of unbranched alkanes of at least 4 members (excludes halogenated alkanes) is 1. The molecule has 0 saturated heterocycles. The van der Waals surface area contributed by atoms with Crippen molar-refractivity contribution in [1.29, 1.82) is 0 Å². The molecule has 0 bridgehead atoms. The number of aryl methyl sites for hydroxylation is 1. The fraction of sp³-hybridized carbons (Fsp3) is 0.500. The molecule has 30 heavy (non-hydrogen) atoms. The van der Waals surface area contributed by atoms with Gasteiger partial charge in [0.25, 0.3) is 0 Å². The van der Waals surface area contributed by atoms with E-state index in [4.69, 9.17) is 0 Å². The Morgan fingerprint density at radius 3 is 2.27 bits per heavy atom. The fourth-order valence-corrected chi connectivity index (χ4v) is 5.42. The van der Waals surface area contributed by atoms with Gasteiger partial charge in [0.2, 0.25) is 0 Å². The lowest BCUT2D eigenvalue weighted by molar-refractivity contribution is 0.183. The molecule has 158 valence electrons. The minimum atomic E-state index is -0.849. The summed E-state index contributed by atoms with van der Waals surface area (Å²) >= 11 is 0. The zero-order chi connectivity index (χ0) is 20.9. The van der Waals surface area contributed by atoms with Crippen LogP contribution in [0.15, 0.2) is 36.4 Å². The molecule has 0 amide bonds. The smallest absolute Gasteiger partial charge is 0.160 e. The van der Waals surface area contributed by atoms with E-state index in [2.05, 4.69) is 37.0 Å². The summed E-state index contributed by atoms with van der Waals surface area (Å²) in [6.45, 7) is 2.30. The molecule has 0 aromatic heterocycles. The Kier molecular flexibility index (Phi) is 6.88. The van der Waals surface area contributed by atoms with Gasteiger partial charge in [-0.1, -0.05) is 56.9 Å². The second-order valence-corrected chi connectivity index (χ2v) is 9.29. The molecule has 2 aliphatic carbocycles. The van der Waals surface area contributed by atoms with Crippen molar-refractivity contribution in [1.82, 2.24) is 0 Å². The maximum atomic E-state index is 13.4. The van der Waals surface area contributed by atoms with Crippen LogP contribution in [0.4, 0.5) is 8.78 Å². The highest BCUT2D eigenvalue weighted by Crippen LogP contribution is 2.40. The molecular weight excluding hydrogens is 374 g/mol. The third-order valence-corrected chi connectivity index (χ3v) is 7.27. The van der Waals surface area contributed by atoms with E-state index in [1.54, 1.807) is 0 Å². The summed E-state index contributed by atoms with van der Waals surface area (Å²) in [6.07, 6.45) is 13.5. The highest BCUT2D eigenvalue weighted by molar-refractivity contribution is 5.46. The Hall–Kier alpha value is -2.14. The monoisotopic (exact) mass is 406 g/mol. The van der Waals surface area contributed by atoms with Gasteiger partial charge in [0, 0.05) is 11.1 Å². The van der Waals surface area contributed by atoms with E-state index in [1.807, 2.05) is 0 Å². The molecule has 0 N–H and O–H groups in total. The second-order valence-electron chi connectivity index (χ2n) is 9.29. The minimum absolute atomic E-state index is 0.501. The molecule has 2 aromatic carbocycles. The molecule has 1 fully saturated rings. The topological polar surface area (TPSA) is 0 Å². The van der Waals surface area contributed by atoms with Gasteiger partial charge in [-0.3, -0.25) is 0 Å². The van der Waals surface area contributed by atoms with Gasteiger partial charge in [-0.2, -0.15) is 0 Å². The Bertz CT molecular complexity index is 925. The van der Waals surface area contributed by atoms with Crippen molar-refractivity contribution in [3.05, 3.63) is 70.3 Å². The highest BCUT2D eigenvalue weighted by atomic mass is 19.2. The second kappa shape index (κ2) is 9.78. The van der Waals surface area contributed by atoms with E-state index >= 15 is 0 Å². The van der Waals surface area contributed by atoms with E-state index in [1.165, 1.54) is 75.0 Å². The molecule has 0 nitrogen and oxygen atoms in total. The average Bonchev–Trinajstić information content (AvgIpc) is 2.78. The summed E-state index contributed by atoms with van der Waals surface area (Å²) in [7, 11) is 0. The minimum Gasteiger partial charge on any atom is -0.204 e. The van der Waals surface area contributed by atoms with E-state index < -0.39 is 11.6 Å². The summed E-state index contributed by atoms with van der Waals surface area (Å²) < 4.78 is 26.4. The first-order chi connectivity index (χ1) is 14.6. The molecule has 0 aliphatic heterocycles. The van der Waals surface area contributed by atoms with Gasteiger partial charge in [0.1, 0.15) is 0 Å². The predicted molar refractivity (Wildman–Crippen MR) is 119 cm³/mol. The number of benzene rings is 2. The van der Waals surface area contributed by atoms with Crippen LogP contribution in [0.5, 0.6) is 0 Å². The molecule has 2 aliphatic rings. The molecular formula is C28H32F2. The molecule has 1 unspecified atom stereocenters. The molecule has 1 saturated carbocycles. The lowest BCUT2D eigenvalue weighted by atomic mass is 9.69. The van der Waals surface area contributed by atoms with Crippen molar-refractivity contribution in [2.75, 3.05) is 0 Å². The maximum Gasteiger partial charge on any atom is 0.160 e. The number of hydrogen-bond acceptors (Lipinski definition) is 0. The van der Waals surface area contributed by atoms with Crippen LogP contribution in [0, 0.1) is 41.2 Å². The standard InChI is InChI=1S/C28H32F2/c1-2-3-4-20-7-11-23(12-8-20)25-15-14-24-17-21(9-13-26(24)19-25)5-6-22-10-16-27(29)28(30)18-22/h9-10,13,16-18,20,23,25H,2-4,7-8,11-12,14-15,19H2,1H3. The van der Waals surface area contributed by atoms with Gasteiger partial charge in [0.05, 0.1) is 0 Å². The average molecular weight is 407 g/mol. The van der Waals surface area contributed by atoms with E-state index in [-0.39, 0.29) is 0 Å². The maximum absolute atomic E-state index is 13.4. The summed E-state index contributed by atoms with van der Waals surface area (Å²) in [5.41, 5.74) is 4.35. The Morgan fingerprint density at radius 2 is 1.53 bits per heavy atom. The normalized spacial score (nSPS) is 23.4. The summed E-state index contributed by atoms with van der Waals surface area (Å²) in [5.74, 6) is 7.11. The first-order valence-electron chi connectivity index (χ1n) is 11.7. The number of hydrogen-bond donors (Lipinski definition) is 0. The van der Waals surface area contributed by atoms with Crippen LogP contribution < -0.4 is 0 Å². The largest absolute Gasteiger partial charge is 0.204 e. The van der Waals surface area contributed by atoms with Crippen molar-refractivity contribution in [2.24, 2.45) is 17.8 Å². The van der Waals surface area contributed by atoms with Gasteiger partial charge < -0.3 is 0 Å². The highest BCUT2D eigenvalue weighted by Gasteiger charge is 2.29. The third-order valence-electron chi connectivity index (χ3n) is 7.27. The third kappa shape index (κ3) is 5.12. The fourth-order valence-electron chi connectivity index (χ4n) is 5.42. The van der Waals surface area contributed by atoms with Crippen LogP contribution in [-0.4, -0.2) is 0 Å². The molecule has 4 rings (SSSR count). The number of rotatable bonds is 4. The lowest BCUT2D eigenvalue weighted by Gasteiger charge is -2.36. The first kappa shape index (κ1) is 21.1. The first-order valence-corrected chi connectivity index (χ1v) is 11.7. The summed E-state index contributed by atoms with van der Waals surface area (Å²) in [5, 5.41) is 0. The lowest BCUT2D eigenvalue weighted by Crippen LogP contribution is -2.26. The van der Waals surface area contributed by atoms with E-state index in [9.17, 15) is 8.78 Å². The SMILES string of the molecule is CCCCC1CCC(C2CCc3cc(C#Cc4ccc(F)c(F)c4)ccc3C2)CC1. The van der Waals surface area contributed by atoms with Gasteiger partial charge in [-0.15, -0.1) is 0 Å². The van der Waals surface area contributed by atoms with Crippen LogP contribution in [0.2, 0.25) is 0 Å². The van der Waals surface area contributed by atoms with Crippen molar-refractivity contribution >= 4 is 0 Å². The number of halogens is 2. The van der Waals surface area contributed by atoms with Gasteiger partial charge >= 0.3 is 0 Å². The number of fused-ring (bicyclic) bond motifs is 1. The zero-order valence-corrected chi connectivity index (χ0v) is 18.0. The van der Waals surface area contributed by atoms with Gasteiger partial charge in [-0.05, 0) is 91.3 Å². The summed E-state index contributed by atoms with van der Waals surface area (Å²) in [4.78, 5) is 0. The quantitative estimate of drug-likeness (QED) is 0.462. The van der Waals surface area contributed by atoms with Crippen LogP contribution in [-0.2, 0) is 12.8 Å².